The number of hydrogen-bond acceptors (Lipinski definition) is 5. The fourth-order valence-corrected chi connectivity index (χ4v) is 4.04. The molecule has 0 aliphatic carbocycles. The molecule has 0 radical (unpaired) electrons. The van der Waals surface area contributed by atoms with E-state index in [1.54, 1.807) is 11.8 Å². The molecule has 1 aromatic carbocycles. The van der Waals surface area contributed by atoms with Crippen LogP contribution in [0.25, 0.3) is 5.69 Å². The number of thioether (sulfide) groups is 1. The summed E-state index contributed by atoms with van der Waals surface area (Å²) in [5.74, 6) is 2.32. The quantitative estimate of drug-likeness (QED) is 0.512. The van der Waals surface area contributed by atoms with Gasteiger partial charge in [-0.3, -0.25) is 14.5 Å². The van der Waals surface area contributed by atoms with Crippen molar-refractivity contribution in [2.24, 2.45) is 5.92 Å². The number of nitrogens with zero attached hydrogens (tertiary/aromatic N) is 5. The molecule has 27 heavy (non-hydrogen) atoms. The summed E-state index contributed by atoms with van der Waals surface area (Å²) in [4.78, 5) is 6.34. The second-order valence-electron chi connectivity index (χ2n) is 6.95. The number of aromatic nitrogens is 4. The molecule has 0 aliphatic rings. The van der Waals surface area contributed by atoms with E-state index in [-0.39, 0.29) is 0 Å². The molecule has 3 rings (SSSR count). The van der Waals surface area contributed by atoms with Crippen LogP contribution in [0.4, 0.5) is 0 Å². The van der Waals surface area contributed by atoms with Crippen molar-refractivity contribution in [3.63, 3.8) is 0 Å². The Balaban J connectivity index is 1.88. The van der Waals surface area contributed by atoms with Crippen LogP contribution in [0.3, 0.4) is 0 Å². The molecule has 5 nitrogen and oxygen atoms in total. The number of hydrogen-bond donors (Lipinski definition) is 0. The van der Waals surface area contributed by atoms with Crippen molar-refractivity contribution in [1.29, 1.82) is 0 Å². The van der Waals surface area contributed by atoms with Crippen LogP contribution in [-0.2, 0) is 12.3 Å². The molecule has 0 aliphatic heterocycles. The van der Waals surface area contributed by atoms with Gasteiger partial charge in [-0.15, -0.1) is 10.2 Å². The van der Waals surface area contributed by atoms with E-state index < -0.39 is 0 Å². The molecule has 0 fully saturated rings. The average Bonchev–Trinajstić information content (AvgIpc) is 3.02. The van der Waals surface area contributed by atoms with E-state index in [4.69, 9.17) is 11.6 Å². The summed E-state index contributed by atoms with van der Waals surface area (Å²) in [5.41, 5.74) is 2.19. The molecular weight excluding hydrogens is 378 g/mol. The van der Waals surface area contributed by atoms with Crippen molar-refractivity contribution >= 4 is 23.4 Å². The summed E-state index contributed by atoms with van der Waals surface area (Å²) in [6, 6.07) is 11.9. The lowest BCUT2D eigenvalue weighted by molar-refractivity contribution is 0.280. The predicted molar refractivity (Wildman–Crippen MR) is 111 cm³/mol. The van der Waals surface area contributed by atoms with Crippen LogP contribution in [0.15, 0.2) is 53.9 Å². The van der Waals surface area contributed by atoms with E-state index in [0.29, 0.717) is 10.9 Å². The number of rotatable bonds is 8. The highest BCUT2D eigenvalue weighted by Gasteiger charge is 2.17. The third-order valence-electron chi connectivity index (χ3n) is 3.97. The minimum atomic E-state index is 0.595. The number of pyridine rings is 1. The summed E-state index contributed by atoms with van der Waals surface area (Å²) in [5, 5.41) is 10.5. The minimum absolute atomic E-state index is 0.595. The highest BCUT2D eigenvalue weighted by molar-refractivity contribution is 7.98. The first-order chi connectivity index (χ1) is 13.0. The third-order valence-corrected chi connectivity index (χ3v) is 5.21. The van der Waals surface area contributed by atoms with Crippen LogP contribution in [0.5, 0.6) is 0 Å². The molecule has 0 saturated heterocycles. The van der Waals surface area contributed by atoms with E-state index in [9.17, 15) is 0 Å². The first-order valence-electron chi connectivity index (χ1n) is 8.93. The molecule has 7 heteroatoms. The maximum Gasteiger partial charge on any atom is 0.196 e. The van der Waals surface area contributed by atoms with Gasteiger partial charge in [0, 0.05) is 29.7 Å². The summed E-state index contributed by atoms with van der Waals surface area (Å²) in [7, 11) is 2.11. The van der Waals surface area contributed by atoms with E-state index >= 15 is 0 Å². The Morgan fingerprint density at radius 2 is 1.93 bits per heavy atom. The Morgan fingerprint density at radius 3 is 2.63 bits per heavy atom. The zero-order valence-electron chi connectivity index (χ0n) is 15.8. The molecule has 0 N–H and O–H groups in total. The van der Waals surface area contributed by atoms with E-state index in [1.807, 2.05) is 48.8 Å². The smallest absolute Gasteiger partial charge is 0.196 e. The fourth-order valence-electron chi connectivity index (χ4n) is 2.93. The minimum Gasteiger partial charge on any atom is -0.299 e. The fraction of sp³-hybridized carbons (Fsp3) is 0.350. The second kappa shape index (κ2) is 9.35. The molecule has 0 atom stereocenters. The van der Waals surface area contributed by atoms with Crippen molar-refractivity contribution < 1.29 is 0 Å². The van der Waals surface area contributed by atoms with Gasteiger partial charge in [0.1, 0.15) is 0 Å². The predicted octanol–water partition coefficient (Wildman–Crippen LogP) is 4.70. The standard InChI is InChI=1S/C20H24ClN5S/c1-15(2)12-25(3)13-19-23-24-20(27-14-16-7-9-22-10-8-16)26(19)18-6-4-5-17(21)11-18/h4-11,15H,12-14H2,1-3H3. The second-order valence-corrected chi connectivity index (χ2v) is 8.33. The summed E-state index contributed by atoms with van der Waals surface area (Å²) in [6.45, 7) is 6.16. The van der Waals surface area contributed by atoms with Crippen molar-refractivity contribution in [2.45, 2.75) is 31.3 Å². The largest absolute Gasteiger partial charge is 0.299 e. The van der Waals surface area contributed by atoms with Crippen molar-refractivity contribution in [3.05, 3.63) is 65.2 Å². The molecule has 0 spiro atoms. The molecule has 0 amide bonds. The first kappa shape index (κ1) is 19.9. The SMILES string of the molecule is CC(C)CN(C)Cc1nnc(SCc2ccncc2)n1-c1cccc(Cl)c1. The Labute approximate surface area is 169 Å². The molecule has 3 aromatic rings. The Hall–Kier alpha value is -1.89. The van der Waals surface area contributed by atoms with Gasteiger partial charge in [0.2, 0.25) is 0 Å². The van der Waals surface area contributed by atoms with Crippen LogP contribution in [0.1, 0.15) is 25.2 Å². The van der Waals surface area contributed by atoms with Gasteiger partial charge in [-0.25, -0.2) is 0 Å². The Kier molecular flexibility index (Phi) is 6.88. The topological polar surface area (TPSA) is 46.8 Å². The highest BCUT2D eigenvalue weighted by Crippen LogP contribution is 2.27. The molecule has 0 saturated carbocycles. The zero-order chi connectivity index (χ0) is 19.2. The van der Waals surface area contributed by atoms with Gasteiger partial charge in [-0.05, 0) is 48.9 Å². The summed E-state index contributed by atoms with van der Waals surface area (Å²) < 4.78 is 2.11. The maximum absolute atomic E-state index is 6.24. The van der Waals surface area contributed by atoms with Gasteiger partial charge < -0.3 is 0 Å². The van der Waals surface area contributed by atoms with Crippen LogP contribution in [0.2, 0.25) is 5.02 Å². The summed E-state index contributed by atoms with van der Waals surface area (Å²) >= 11 is 7.90. The van der Waals surface area contributed by atoms with Crippen molar-refractivity contribution in [2.75, 3.05) is 13.6 Å². The highest BCUT2D eigenvalue weighted by atomic mass is 35.5. The lowest BCUT2D eigenvalue weighted by Crippen LogP contribution is -2.24. The van der Waals surface area contributed by atoms with Crippen LogP contribution >= 0.6 is 23.4 Å². The van der Waals surface area contributed by atoms with Crippen LogP contribution in [-0.4, -0.2) is 38.2 Å². The van der Waals surface area contributed by atoms with Gasteiger partial charge in [-0.2, -0.15) is 0 Å². The van der Waals surface area contributed by atoms with Crippen molar-refractivity contribution in [3.8, 4) is 5.69 Å². The van der Waals surface area contributed by atoms with E-state index in [1.165, 1.54) is 5.56 Å². The molecule has 2 heterocycles. The maximum atomic E-state index is 6.24. The Bertz CT molecular complexity index is 866. The monoisotopic (exact) mass is 401 g/mol. The van der Waals surface area contributed by atoms with Gasteiger partial charge in [0.05, 0.1) is 12.2 Å². The van der Waals surface area contributed by atoms with E-state index in [0.717, 1.165) is 35.5 Å². The van der Waals surface area contributed by atoms with Crippen LogP contribution in [0, 0.1) is 5.92 Å². The number of benzene rings is 1. The normalized spacial score (nSPS) is 11.5. The first-order valence-corrected chi connectivity index (χ1v) is 10.3. The Morgan fingerprint density at radius 1 is 1.15 bits per heavy atom. The molecule has 2 aromatic heterocycles. The molecular formula is C20H24ClN5S. The molecule has 0 bridgehead atoms. The van der Waals surface area contributed by atoms with Gasteiger partial charge in [0.25, 0.3) is 0 Å². The molecule has 0 unspecified atom stereocenters. The zero-order valence-corrected chi connectivity index (χ0v) is 17.4. The summed E-state index contributed by atoms with van der Waals surface area (Å²) in [6.07, 6.45) is 3.62. The number of halogens is 1. The lowest BCUT2D eigenvalue weighted by Gasteiger charge is -2.19. The molecule has 142 valence electrons. The van der Waals surface area contributed by atoms with Gasteiger partial charge in [0.15, 0.2) is 11.0 Å². The lowest BCUT2D eigenvalue weighted by atomic mass is 10.2. The van der Waals surface area contributed by atoms with Gasteiger partial charge in [-0.1, -0.05) is 43.3 Å². The average molecular weight is 402 g/mol. The van der Waals surface area contributed by atoms with E-state index in [2.05, 4.69) is 45.5 Å². The van der Waals surface area contributed by atoms with Crippen molar-refractivity contribution in [1.82, 2.24) is 24.6 Å². The third kappa shape index (κ3) is 5.54. The van der Waals surface area contributed by atoms with Crippen LogP contribution < -0.4 is 0 Å². The van der Waals surface area contributed by atoms with Gasteiger partial charge >= 0.3 is 0 Å².